The summed E-state index contributed by atoms with van der Waals surface area (Å²) in [5.41, 5.74) is 1.68. The van der Waals surface area contributed by atoms with Gasteiger partial charge in [-0.15, -0.1) is 0 Å². The van der Waals surface area contributed by atoms with Crippen molar-refractivity contribution in [2.75, 3.05) is 29.4 Å². The number of halogens is 2. The van der Waals surface area contributed by atoms with Crippen molar-refractivity contribution in [2.24, 2.45) is 0 Å². The minimum absolute atomic E-state index is 0.200. The molecule has 1 fully saturated rings. The third kappa shape index (κ3) is 5.87. The number of benzene rings is 2. The number of nitrogens with zero attached hydrogens (tertiary/aromatic N) is 4. The first kappa shape index (κ1) is 24.7. The number of hydrogen-bond donors (Lipinski definition) is 2. The van der Waals surface area contributed by atoms with Crippen molar-refractivity contribution in [3.05, 3.63) is 71.1 Å². The van der Waals surface area contributed by atoms with Crippen LogP contribution in [0.4, 0.5) is 11.5 Å². The molecule has 2 aromatic carbocycles. The maximum absolute atomic E-state index is 11.6. The van der Waals surface area contributed by atoms with Crippen molar-refractivity contribution in [3.63, 3.8) is 0 Å². The molecule has 11 heteroatoms. The van der Waals surface area contributed by atoms with E-state index in [0.29, 0.717) is 21.9 Å². The predicted molar refractivity (Wildman–Crippen MR) is 144 cm³/mol. The van der Waals surface area contributed by atoms with Crippen molar-refractivity contribution < 1.29 is 14.6 Å². The molecule has 2 N–H and O–H groups in total. The summed E-state index contributed by atoms with van der Waals surface area (Å²) in [5, 5.41) is 14.8. The molecule has 0 bridgehead atoms. The van der Waals surface area contributed by atoms with Crippen LogP contribution in [0, 0.1) is 0 Å². The number of aliphatic carboxylic acids is 1. The van der Waals surface area contributed by atoms with Gasteiger partial charge in [0.15, 0.2) is 5.82 Å². The van der Waals surface area contributed by atoms with Gasteiger partial charge in [-0.3, -0.25) is 9.36 Å². The van der Waals surface area contributed by atoms with Crippen LogP contribution in [0.5, 0.6) is 0 Å². The largest absolute Gasteiger partial charge is 0.480 e. The second-order valence-corrected chi connectivity index (χ2v) is 10.3. The van der Waals surface area contributed by atoms with Crippen LogP contribution in [0.1, 0.15) is 12.8 Å². The molecule has 36 heavy (non-hydrogen) atoms. The highest BCUT2D eigenvalue weighted by Crippen LogP contribution is 2.34. The van der Waals surface area contributed by atoms with Crippen molar-refractivity contribution in [1.82, 2.24) is 14.5 Å². The molecule has 0 radical (unpaired) electrons. The molecule has 0 unspecified atom stereocenters. The van der Waals surface area contributed by atoms with Crippen molar-refractivity contribution >= 4 is 63.5 Å². The van der Waals surface area contributed by atoms with Gasteiger partial charge in [-0.2, -0.15) is 0 Å². The summed E-state index contributed by atoms with van der Waals surface area (Å²) in [4.78, 5) is 21.5. The van der Waals surface area contributed by atoms with E-state index in [1.165, 1.54) is 11.9 Å². The smallest absolute Gasteiger partial charge is 0.324 e. The lowest BCUT2D eigenvalue weighted by Gasteiger charge is -2.23. The lowest BCUT2D eigenvalue weighted by Crippen LogP contribution is -2.28. The topological polar surface area (TPSA) is 92.5 Å². The highest BCUT2D eigenvalue weighted by atomic mass is 35.5. The molecular formula is C25H23Cl2N5O3S. The fraction of sp³-hybridized carbons (Fsp3) is 0.240. The molecule has 0 atom stereocenters. The Morgan fingerprint density at radius 2 is 1.89 bits per heavy atom. The van der Waals surface area contributed by atoms with Crippen LogP contribution in [-0.2, 0) is 9.53 Å². The van der Waals surface area contributed by atoms with E-state index in [1.54, 1.807) is 34.9 Å². The Balaban J connectivity index is 1.37. The Hall–Kier alpha value is -2.98. The van der Waals surface area contributed by atoms with Gasteiger partial charge in [0.25, 0.3) is 0 Å². The van der Waals surface area contributed by atoms with Crippen molar-refractivity contribution in [2.45, 2.75) is 23.8 Å². The fourth-order valence-corrected chi connectivity index (χ4v) is 5.73. The number of carboxylic acid groups (broad SMARTS) is 1. The second kappa shape index (κ2) is 11.0. The molecule has 4 aromatic rings. The first-order chi connectivity index (χ1) is 17.4. The Labute approximate surface area is 222 Å². The highest BCUT2D eigenvalue weighted by molar-refractivity contribution is 8.00. The van der Waals surface area contributed by atoms with Crippen LogP contribution in [0.25, 0.3) is 16.7 Å². The summed E-state index contributed by atoms with van der Waals surface area (Å²) in [5.74, 6) is 0.491. The van der Waals surface area contributed by atoms with Gasteiger partial charge in [-0.1, -0.05) is 23.2 Å². The lowest BCUT2D eigenvalue weighted by molar-refractivity contribution is -0.135. The van der Waals surface area contributed by atoms with Crippen LogP contribution >= 0.6 is 35.1 Å². The quantitative estimate of drug-likeness (QED) is 0.264. The van der Waals surface area contributed by atoms with Crippen LogP contribution in [0.15, 0.2) is 66.0 Å². The maximum atomic E-state index is 11.6. The van der Waals surface area contributed by atoms with E-state index in [4.69, 9.17) is 27.9 Å². The molecule has 1 aliphatic rings. The average Bonchev–Trinajstić information content (AvgIpc) is 3.27. The molecule has 0 amide bonds. The predicted octanol–water partition coefficient (Wildman–Crippen LogP) is 5.92. The SMILES string of the molecule is O=C(O)CN(Sc1cc(Cl)cc(Cl)c1)c1ccc2c(ccn2-c2cnc(NC3CCOCC3)cn2)c1. The van der Waals surface area contributed by atoms with E-state index < -0.39 is 5.97 Å². The monoisotopic (exact) mass is 543 g/mol. The molecular weight excluding hydrogens is 521 g/mol. The zero-order valence-corrected chi connectivity index (χ0v) is 21.4. The molecule has 1 aliphatic heterocycles. The number of hydrogen-bond acceptors (Lipinski definition) is 7. The zero-order valence-electron chi connectivity index (χ0n) is 19.1. The third-order valence-corrected chi connectivity index (χ3v) is 7.19. The van der Waals surface area contributed by atoms with Crippen LogP contribution in [0.3, 0.4) is 0 Å². The van der Waals surface area contributed by atoms with Crippen LogP contribution in [0.2, 0.25) is 10.0 Å². The maximum Gasteiger partial charge on any atom is 0.324 e. The minimum atomic E-state index is -0.946. The van der Waals surface area contributed by atoms with E-state index in [-0.39, 0.29) is 6.54 Å². The molecule has 0 spiro atoms. The van der Waals surface area contributed by atoms with E-state index >= 15 is 0 Å². The molecule has 186 valence electrons. The first-order valence-corrected chi connectivity index (χ1v) is 12.9. The molecule has 1 saturated heterocycles. The number of ether oxygens (including phenoxy) is 1. The number of fused-ring (bicyclic) bond motifs is 1. The lowest BCUT2D eigenvalue weighted by atomic mass is 10.1. The number of rotatable bonds is 8. The number of carboxylic acids is 1. The van der Waals surface area contributed by atoms with Crippen molar-refractivity contribution in [1.29, 1.82) is 0 Å². The molecule has 0 aliphatic carbocycles. The fourth-order valence-electron chi connectivity index (χ4n) is 4.06. The molecule has 5 rings (SSSR count). The van der Waals surface area contributed by atoms with E-state index in [9.17, 15) is 9.90 Å². The van der Waals surface area contributed by atoms with Gasteiger partial charge in [0.1, 0.15) is 12.4 Å². The summed E-state index contributed by atoms with van der Waals surface area (Å²) >= 11 is 13.5. The summed E-state index contributed by atoms with van der Waals surface area (Å²) in [7, 11) is 0. The molecule has 8 nitrogen and oxygen atoms in total. The number of aromatic nitrogens is 3. The Morgan fingerprint density at radius 3 is 2.58 bits per heavy atom. The Bertz CT molecular complexity index is 1360. The zero-order chi connectivity index (χ0) is 25.1. The summed E-state index contributed by atoms with van der Waals surface area (Å²) in [6, 6.07) is 13.2. The van der Waals surface area contributed by atoms with Gasteiger partial charge in [0.2, 0.25) is 0 Å². The number of carbonyl (C=O) groups is 1. The normalized spacial score (nSPS) is 14.2. The summed E-state index contributed by atoms with van der Waals surface area (Å²) in [6.07, 6.45) is 7.32. The van der Waals surface area contributed by atoms with Crippen LogP contribution in [-0.4, -0.2) is 51.4 Å². The summed E-state index contributed by atoms with van der Waals surface area (Å²) in [6.45, 7) is 1.32. The Kier molecular flexibility index (Phi) is 7.52. The number of nitrogens with one attached hydrogen (secondary N) is 1. The molecule has 0 saturated carbocycles. The van der Waals surface area contributed by atoms with Gasteiger partial charge >= 0.3 is 5.97 Å². The number of anilines is 2. The van der Waals surface area contributed by atoms with E-state index in [1.807, 2.05) is 35.0 Å². The van der Waals surface area contributed by atoms with Gasteiger partial charge in [-0.05, 0) is 67.3 Å². The second-order valence-electron chi connectivity index (χ2n) is 8.35. The van der Waals surface area contributed by atoms with Gasteiger partial charge in [0, 0.05) is 51.5 Å². The van der Waals surface area contributed by atoms with Gasteiger partial charge in [-0.25, -0.2) is 9.97 Å². The third-order valence-electron chi connectivity index (χ3n) is 5.75. The van der Waals surface area contributed by atoms with E-state index in [2.05, 4.69) is 15.3 Å². The summed E-state index contributed by atoms with van der Waals surface area (Å²) < 4.78 is 9.05. The Morgan fingerprint density at radius 1 is 1.11 bits per heavy atom. The standard InChI is InChI=1S/C25H23Cl2N5O3S/c26-17-10-18(27)12-21(11-17)36-32(15-25(33)34)20-1-2-22-16(9-20)3-6-31(22)24-14-28-23(13-29-24)30-19-4-7-35-8-5-19/h1-3,6,9-14,19H,4-5,7-8,15H2,(H,28,30)(H,33,34). The van der Waals surface area contributed by atoms with Gasteiger partial charge < -0.3 is 19.5 Å². The van der Waals surface area contributed by atoms with Gasteiger partial charge in [0.05, 0.1) is 17.9 Å². The average molecular weight is 544 g/mol. The first-order valence-electron chi connectivity index (χ1n) is 11.4. The highest BCUT2D eigenvalue weighted by Gasteiger charge is 2.17. The van der Waals surface area contributed by atoms with Crippen LogP contribution < -0.4 is 9.62 Å². The minimum Gasteiger partial charge on any atom is -0.480 e. The molecule has 3 heterocycles. The molecule has 2 aromatic heterocycles. The van der Waals surface area contributed by atoms with Crippen molar-refractivity contribution in [3.8, 4) is 5.82 Å². The van der Waals surface area contributed by atoms with E-state index in [0.717, 1.165) is 53.4 Å².